The number of nitrogens with zero attached hydrogens (tertiary/aromatic N) is 1. The minimum atomic E-state index is 0.623. The highest BCUT2D eigenvalue weighted by molar-refractivity contribution is 5.95. The van der Waals surface area contributed by atoms with Crippen LogP contribution in [0.3, 0.4) is 0 Å². The van der Waals surface area contributed by atoms with Crippen LogP contribution < -0.4 is 4.90 Å². The molecular weight excluding hydrogens is 206 g/mol. The van der Waals surface area contributed by atoms with Crippen LogP contribution in [0.4, 0.5) is 5.69 Å². The molecule has 0 aliphatic carbocycles. The Bertz CT molecular complexity index is 514. The van der Waals surface area contributed by atoms with Gasteiger partial charge in [0.05, 0.1) is 0 Å². The molecule has 0 amide bonds. The van der Waals surface area contributed by atoms with Crippen molar-refractivity contribution in [1.82, 2.24) is 0 Å². The van der Waals surface area contributed by atoms with E-state index >= 15 is 0 Å². The van der Waals surface area contributed by atoms with Crippen LogP contribution in [0.15, 0.2) is 36.4 Å². The van der Waals surface area contributed by atoms with Crippen LogP contribution in [0.2, 0.25) is 0 Å². The SMILES string of the molecule is CCC(C)c1cc(N(C)C)c2ccccc2c1. The van der Waals surface area contributed by atoms with Gasteiger partial charge < -0.3 is 4.90 Å². The van der Waals surface area contributed by atoms with Gasteiger partial charge in [-0.1, -0.05) is 44.2 Å². The summed E-state index contributed by atoms with van der Waals surface area (Å²) in [4.78, 5) is 2.20. The Morgan fingerprint density at radius 3 is 2.47 bits per heavy atom. The van der Waals surface area contributed by atoms with Gasteiger partial charge in [-0.3, -0.25) is 0 Å². The number of benzene rings is 2. The standard InChI is InChI=1S/C16H21N/c1-5-12(2)14-10-13-8-6-7-9-15(13)16(11-14)17(3)4/h6-12H,5H2,1-4H3. The lowest BCUT2D eigenvalue weighted by Gasteiger charge is -2.19. The van der Waals surface area contributed by atoms with Gasteiger partial charge in [-0.25, -0.2) is 0 Å². The molecule has 2 rings (SSSR count). The number of hydrogen-bond donors (Lipinski definition) is 0. The maximum atomic E-state index is 2.33. The van der Waals surface area contributed by atoms with Crippen molar-refractivity contribution in [3.05, 3.63) is 42.0 Å². The van der Waals surface area contributed by atoms with E-state index in [2.05, 4.69) is 69.2 Å². The first-order valence-corrected chi connectivity index (χ1v) is 6.33. The zero-order valence-corrected chi connectivity index (χ0v) is 11.2. The fourth-order valence-corrected chi connectivity index (χ4v) is 2.20. The van der Waals surface area contributed by atoms with Crippen molar-refractivity contribution in [3.63, 3.8) is 0 Å². The van der Waals surface area contributed by atoms with Gasteiger partial charge >= 0.3 is 0 Å². The molecule has 0 saturated heterocycles. The summed E-state index contributed by atoms with van der Waals surface area (Å²) in [5.41, 5.74) is 2.76. The molecule has 1 nitrogen and oxygen atoms in total. The zero-order valence-electron chi connectivity index (χ0n) is 11.2. The van der Waals surface area contributed by atoms with E-state index in [1.807, 2.05) is 0 Å². The summed E-state index contributed by atoms with van der Waals surface area (Å²) < 4.78 is 0. The van der Waals surface area contributed by atoms with Crippen molar-refractivity contribution in [2.75, 3.05) is 19.0 Å². The largest absolute Gasteiger partial charge is 0.377 e. The number of hydrogen-bond acceptors (Lipinski definition) is 1. The second kappa shape index (κ2) is 4.79. The lowest BCUT2D eigenvalue weighted by atomic mass is 9.94. The van der Waals surface area contributed by atoms with Crippen molar-refractivity contribution >= 4 is 16.5 Å². The molecule has 0 fully saturated rings. The molecule has 2 aromatic carbocycles. The van der Waals surface area contributed by atoms with Gasteiger partial charge in [0.15, 0.2) is 0 Å². The zero-order chi connectivity index (χ0) is 12.4. The maximum absolute atomic E-state index is 2.33. The molecule has 0 N–H and O–H groups in total. The Morgan fingerprint density at radius 1 is 1.12 bits per heavy atom. The third-order valence-electron chi connectivity index (χ3n) is 3.53. The quantitative estimate of drug-likeness (QED) is 0.750. The van der Waals surface area contributed by atoms with E-state index in [0.29, 0.717) is 5.92 Å². The maximum Gasteiger partial charge on any atom is 0.0443 e. The molecule has 1 atom stereocenters. The molecule has 0 spiro atoms. The normalized spacial score (nSPS) is 12.7. The Labute approximate surface area is 104 Å². The Balaban J connectivity index is 2.67. The molecule has 2 aromatic rings. The first kappa shape index (κ1) is 12.0. The second-order valence-corrected chi connectivity index (χ2v) is 4.96. The average molecular weight is 227 g/mol. The highest BCUT2D eigenvalue weighted by Gasteiger charge is 2.09. The van der Waals surface area contributed by atoms with E-state index in [1.165, 1.54) is 28.4 Å². The number of rotatable bonds is 3. The Kier molecular flexibility index (Phi) is 3.37. The summed E-state index contributed by atoms with van der Waals surface area (Å²) in [5.74, 6) is 0.623. The summed E-state index contributed by atoms with van der Waals surface area (Å²) >= 11 is 0. The molecule has 0 aliphatic rings. The van der Waals surface area contributed by atoms with Crippen molar-refractivity contribution in [1.29, 1.82) is 0 Å². The van der Waals surface area contributed by atoms with Crippen LogP contribution >= 0.6 is 0 Å². The van der Waals surface area contributed by atoms with Crippen LogP contribution in [0, 0.1) is 0 Å². The van der Waals surface area contributed by atoms with Crippen LogP contribution in [0.5, 0.6) is 0 Å². The van der Waals surface area contributed by atoms with Gasteiger partial charge in [0.25, 0.3) is 0 Å². The van der Waals surface area contributed by atoms with E-state index in [0.717, 1.165) is 0 Å². The molecule has 1 unspecified atom stereocenters. The summed E-state index contributed by atoms with van der Waals surface area (Å²) in [6, 6.07) is 13.3. The van der Waals surface area contributed by atoms with E-state index in [4.69, 9.17) is 0 Å². The summed E-state index contributed by atoms with van der Waals surface area (Å²) in [7, 11) is 4.23. The highest BCUT2D eigenvalue weighted by Crippen LogP contribution is 2.31. The third-order valence-corrected chi connectivity index (χ3v) is 3.53. The van der Waals surface area contributed by atoms with Crippen molar-refractivity contribution in [3.8, 4) is 0 Å². The molecule has 0 radical (unpaired) electrons. The molecule has 0 saturated carbocycles. The number of fused-ring (bicyclic) bond motifs is 1. The van der Waals surface area contributed by atoms with Crippen molar-refractivity contribution in [2.45, 2.75) is 26.2 Å². The topological polar surface area (TPSA) is 3.24 Å². The monoisotopic (exact) mass is 227 g/mol. The van der Waals surface area contributed by atoms with E-state index in [1.54, 1.807) is 0 Å². The minimum absolute atomic E-state index is 0.623. The lowest BCUT2D eigenvalue weighted by Crippen LogP contribution is -2.10. The summed E-state index contributed by atoms with van der Waals surface area (Å²) in [6.07, 6.45) is 1.19. The first-order valence-electron chi connectivity index (χ1n) is 6.33. The second-order valence-electron chi connectivity index (χ2n) is 4.96. The van der Waals surface area contributed by atoms with Crippen LogP contribution in [-0.4, -0.2) is 14.1 Å². The molecule has 0 heterocycles. The molecule has 90 valence electrons. The van der Waals surface area contributed by atoms with Crippen LogP contribution in [0.1, 0.15) is 31.7 Å². The first-order chi connectivity index (χ1) is 8.13. The average Bonchev–Trinajstić information content (AvgIpc) is 2.36. The molecular formula is C16H21N. The summed E-state index contributed by atoms with van der Waals surface area (Å²) in [5, 5.41) is 2.68. The predicted molar refractivity (Wildman–Crippen MR) is 77.0 cm³/mol. The van der Waals surface area contributed by atoms with E-state index in [-0.39, 0.29) is 0 Å². The van der Waals surface area contributed by atoms with Gasteiger partial charge in [0, 0.05) is 25.2 Å². The van der Waals surface area contributed by atoms with E-state index < -0.39 is 0 Å². The Hall–Kier alpha value is -1.50. The van der Waals surface area contributed by atoms with Gasteiger partial charge in [-0.15, -0.1) is 0 Å². The molecule has 0 aromatic heterocycles. The van der Waals surface area contributed by atoms with Crippen molar-refractivity contribution < 1.29 is 0 Å². The fraction of sp³-hybridized carbons (Fsp3) is 0.375. The number of anilines is 1. The molecule has 0 bridgehead atoms. The Morgan fingerprint density at radius 2 is 1.82 bits per heavy atom. The molecule has 17 heavy (non-hydrogen) atoms. The third kappa shape index (κ3) is 2.28. The minimum Gasteiger partial charge on any atom is -0.377 e. The van der Waals surface area contributed by atoms with Gasteiger partial charge in [0.2, 0.25) is 0 Å². The highest BCUT2D eigenvalue weighted by atomic mass is 15.1. The van der Waals surface area contributed by atoms with Gasteiger partial charge in [-0.05, 0) is 29.4 Å². The van der Waals surface area contributed by atoms with Crippen molar-refractivity contribution in [2.24, 2.45) is 0 Å². The molecule has 0 aliphatic heterocycles. The van der Waals surface area contributed by atoms with Crippen LogP contribution in [-0.2, 0) is 0 Å². The smallest absolute Gasteiger partial charge is 0.0443 e. The van der Waals surface area contributed by atoms with Crippen LogP contribution in [0.25, 0.3) is 10.8 Å². The van der Waals surface area contributed by atoms with Gasteiger partial charge in [0.1, 0.15) is 0 Å². The lowest BCUT2D eigenvalue weighted by molar-refractivity contribution is 0.734. The van der Waals surface area contributed by atoms with E-state index in [9.17, 15) is 0 Å². The van der Waals surface area contributed by atoms with Gasteiger partial charge in [-0.2, -0.15) is 0 Å². The predicted octanol–water partition coefficient (Wildman–Crippen LogP) is 4.42. The summed E-state index contributed by atoms with van der Waals surface area (Å²) in [6.45, 7) is 4.54. The molecule has 1 heteroatoms. The fourth-order valence-electron chi connectivity index (χ4n) is 2.20.